The molecule has 0 unspecified atom stereocenters. The van der Waals surface area contributed by atoms with E-state index in [9.17, 15) is 0 Å². The first kappa shape index (κ1) is 43.7. The Labute approximate surface area is 443 Å². The molecule has 0 amide bonds. The van der Waals surface area contributed by atoms with Gasteiger partial charge < -0.3 is 4.90 Å². The van der Waals surface area contributed by atoms with Gasteiger partial charge in [-0.3, -0.25) is 0 Å². The van der Waals surface area contributed by atoms with Gasteiger partial charge in [-0.2, -0.15) is 0 Å². The highest BCUT2D eigenvalue weighted by molar-refractivity contribution is 6.22. The predicted octanol–water partition coefficient (Wildman–Crippen LogP) is 20.1. The fourth-order valence-corrected chi connectivity index (χ4v) is 13.0. The van der Waals surface area contributed by atoms with Gasteiger partial charge in [-0.05, 0) is 135 Å². The summed E-state index contributed by atoms with van der Waals surface area (Å²) in [7, 11) is 0. The van der Waals surface area contributed by atoms with E-state index in [4.69, 9.17) is 0 Å². The Balaban J connectivity index is 0.955. The highest BCUT2D eigenvalue weighted by atomic mass is 15.1. The van der Waals surface area contributed by atoms with Gasteiger partial charge in [-0.15, -0.1) is 0 Å². The SMILES string of the molecule is c1ccc(-c2ccc(-c3c(N(c4ccc(-c5ccc(-c6ccccc6-c6ccccc6)cc5)cc4)c4ccc5c(c4)C4(c6ccccc6-c6ccccc64)c4ccccc4-5)c4ccccc4c4ccccc34)cc2)cc1. The molecule has 15 rings (SSSR count). The molecule has 1 spiro atoms. The Morgan fingerprint density at radius 1 is 0.211 bits per heavy atom. The van der Waals surface area contributed by atoms with Crippen LogP contribution in [0.3, 0.4) is 0 Å². The maximum atomic E-state index is 2.56. The fourth-order valence-electron chi connectivity index (χ4n) is 13.0. The van der Waals surface area contributed by atoms with Crippen molar-refractivity contribution in [3.63, 3.8) is 0 Å². The molecule has 354 valence electrons. The molecular weight excluding hydrogens is 915 g/mol. The molecule has 1 heteroatoms. The van der Waals surface area contributed by atoms with Crippen molar-refractivity contribution in [2.75, 3.05) is 4.90 Å². The van der Waals surface area contributed by atoms with Crippen LogP contribution >= 0.6 is 0 Å². The molecule has 0 saturated heterocycles. The van der Waals surface area contributed by atoms with Gasteiger partial charge in [-0.25, -0.2) is 0 Å². The summed E-state index contributed by atoms with van der Waals surface area (Å²) in [6.07, 6.45) is 0. The Morgan fingerprint density at radius 2 is 0.553 bits per heavy atom. The van der Waals surface area contributed by atoms with Crippen LogP contribution in [0, 0.1) is 0 Å². The molecule has 0 N–H and O–H groups in total. The lowest BCUT2D eigenvalue weighted by atomic mass is 9.70. The van der Waals surface area contributed by atoms with Crippen molar-refractivity contribution < 1.29 is 0 Å². The van der Waals surface area contributed by atoms with E-state index in [1.54, 1.807) is 0 Å². The van der Waals surface area contributed by atoms with E-state index in [1.807, 2.05) is 0 Å². The first-order valence-electron chi connectivity index (χ1n) is 26.4. The molecule has 1 nitrogen and oxygen atoms in total. The van der Waals surface area contributed by atoms with E-state index in [2.05, 4.69) is 302 Å². The van der Waals surface area contributed by atoms with Crippen molar-refractivity contribution in [1.82, 2.24) is 0 Å². The molecule has 2 aliphatic rings. The van der Waals surface area contributed by atoms with Crippen molar-refractivity contribution >= 4 is 38.6 Å². The minimum Gasteiger partial charge on any atom is -0.309 e. The average Bonchev–Trinajstić information content (AvgIpc) is 4.21. The molecule has 76 heavy (non-hydrogen) atoms. The normalized spacial score (nSPS) is 12.6. The molecule has 0 fully saturated rings. The third-order valence-electron chi connectivity index (χ3n) is 16.3. The zero-order valence-electron chi connectivity index (χ0n) is 41.7. The highest BCUT2D eigenvalue weighted by Crippen LogP contribution is 2.63. The lowest BCUT2D eigenvalue weighted by Gasteiger charge is -2.33. The van der Waals surface area contributed by atoms with Crippen molar-refractivity contribution in [3.8, 4) is 77.9 Å². The maximum Gasteiger partial charge on any atom is 0.0726 e. The second-order valence-electron chi connectivity index (χ2n) is 20.2. The average molecular weight is 964 g/mol. The molecule has 0 heterocycles. The van der Waals surface area contributed by atoms with Crippen LogP contribution in [0.4, 0.5) is 17.1 Å². The zero-order valence-corrected chi connectivity index (χ0v) is 41.7. The number of fused-ring (bicyclic) bond motifs is 13. The minimum atomic E-state index is -0.500. The lowest BCUT2D eigenvalue weighted by Crippen LogP contribution is -2.26. The molecule has 0 saturated carbocycles. The van der Waals surface area contributed by atoms with Crippen LogP contribution in [0.1, 0.15) is 22.3 Å². The Bertz CT molecular complexity index is 4300. The van der Waals surface area contributed by atoms with Gasteiger partial charge in [0.2, 0.25) is 0 Å². The molecule has 13 aromatic rings. The monoisotopic (exact) mass is 963 g/mol. The van der Waals surface area contributed by atoms with Crippen LogP contribution < -0.4 is 4.90 Å². The largest absolute Gasteiger partial charge is 0.309 e. The number of anilines is 3. The van der Waals surface area contributed by atoms with E-state index in [0.717, 1.165) is 28.2 Å². The number of hydrogen-bond acceptors (Lipinski definition) is 1. The number of benzene rings is 13. The summed E-state index contributed by atoms with van der Waals surface area (Å²) in [5.41, 5.74) is 25.3. The van der Waals surface area contributed by atoms with Crippen LogP contribution in [0.5, 0.6) is 0 Å². The van der Waals surface area contributed by atoms with Gasteiger partial charge >= 0.3 is 0 Å². The molecule has 0 atom stereocenters. The molecule has 0 aliphatic heterocycles. The zero-order chi connectivity index (χ0) is 50.2. The Kier molecular flexibility index (Phi) is 10.2. The number of rotatable bonds is 8. The standard InChI is InChI=1S/C75H49N/c1-3-19-50(20-4-1)51-37-41-56(42-38-51)73-67-30-11-9-25-61(67)62-26-10-12-31-68(62)74(73)76(57-45-43-53(44-46-57)52-35-39-55(40-36-52)60-24-8-7-23-59(60)54-21-5-2-6-22-54)58-47-48-66-65-29-15-18-34-71(65)75(72(66)49-58)69-32-16-13-27-63(69)64-28-14-17-33-70(64)75/h1-49H. The summed E-state index contributed by atoms with van der Waals surface area (Å²) in [5.74, 6) is 0. The lowest BCUT2D eigenvalue weighted by molar-refractivity contribution is 0.793. The van der Waals surface area contributed by atoms with Gasteiger partial charge in [0.05, 0.1) is 11.1 Å². The van der Waals surface area contributed by atoms with E-state index in [1.165, 1.54) is 111 Å². The smallest absolute Gasteiger partial charge is 0.0726 e. The second kappa shape index (κ2) is 17.7. The first-order valence-corrected chi connectivity index (χ1v) is 26.4. The topological polar surface area (TPSA) is 3.24 Å². The van der Waals surface area contributed by atoms with Crippen LogP contribution in [0.25, 0.3) is 99.4 Å². The minimum absolute atomic E-state index is 0.500. The van der Waals surface area contributed by atoms with Crippen LogP contribution in [0.2, 0.25) is 0 Å². The molecule has 0 radical (unpaired) electrons. The highest BCUT2D eigenvalue weighted by Gasteiger charge is 2.51. The molecule has 13 aromatic carbocycles. The summed E-state index contributed by atoms with van der Waals surface area (Å²) < 4.78 is 0. The molecule has 0 bridgehead atoms. The van der Waals surface area contributed by atoms with E-state index in [-0.39, 0.29) is 0 Å². The van der Waals surface area contributed by atoms with Crippen molar-refractivity contribution in [2.45, 2.75) is 5.41 Å². The van der Waals surface area contributed by atoms with Crippen molar-refractivity contribution in [1.29, 1.82) is 0 Å². The van der Waals surface area contributed by atoms with Gasteiger partial charge in [0.25, 0.3) is 0 Å². The maximum absolute atomic E-state index is 2.56. The van der Waals surface area contributed by atoms with E-state index in [0.29, 0.717) is 0 Å². The summed E-state index contributed by atoms with van der Waals surface area (Å²) in [6.45, 7) is 0. The van der Waals surface area contributed by atoms with Crippen LogP contribution in [-0.4, -0.2) is 0 Å². The van der Waals surface area contributed by atoms with E-state index < -0.39 is 5.41 Å². The van der Waals surface area contributed by atoms with Crippen LogP contribution in [0.15, 0.2) is 297 Å². The van der Waals surface area contributed by atoms with Gasteiger partial charge in [0, 0.05) is 22.3 Å². The third-order valence-corrected chi connectivity index (χ3v) is 16.3. The molecule has 0 aromatic heterocycles. The summed E-state index contributed by atoms with van der Waals surface area (Å²) in [5, 5.41) is 4.85. The van der Waals surface area contributed by atoms with Gasteiger partial charge in [0.15, 0.2) is 0 Å². The Hall–Kier alpha value is -9.82. The first-order chi connectivity index (χ1) is 37.7. The second-order valence-corrected chi connectivity index (χ2v) is 20.2. The summed E-state index contributed by atoms with van der Waals surface area (Å²) in [4.78, 5) is 2.56. The number of nitrogens with zero attached hydrogens (tertiary/aromatic N) is 1. The van der Waals surface area contributed by atoms with Crippen LogP contribution in [-0.2, 0) is 5.41 Å². The third kappa shape index (κ3) is 6.72. The fraction of sp³-hybridized carbons (Fsp3) is 0.0133. The summed E-state index contributed by atoms with van der Waals surface area (Å²) in [6, 6.07) is 110. The predicted molar refractivity (Wildman–Crippen MR) is 320 cm³/mol. The molecule has 2 aliphatic carbocycles. The van der Waals surface area contributed by atoms with Crippen molar-refractivity contribution in [3.05, 3.63) is 320 Å². The number of hydrogen-bond donors (Lipinski definition) is 0. The Morgan fingerprint density at radius 3 is 1.09 bits per heavy atom. The van der Waals surface area contributed by atoms with E-state index >= 15 is 0 Å². The quantitative estimate of drug-likeness (QED) is 0.137. The van der Waals surface area contributed by atoms with Crippen molar-refractivity contribution in [2.24, 2.45) is 0 Å². The van der Waals surface area contributed by atoms with Gasteiger partial charge in [-0.1, -0.05) is 273 Å². The summed E-state index contributed by atoms with van der Waals surface area (Å²) >= 11 is 0. The molecular formula is C75H49N. The van der Waals surface area contributed by atoms with Gasteiger partial charge in [0.1, 0.15) is 0 Å².